The Kier molecular flexibility index (Phi) is 18.8. The van der Waals surface area contributed by atoms with E-state index in [1.165, 1.54) is 66.7 Å². The summed E-state index contributed by atoms with van der Waals surface area (Å²) in [6.45, 7) is 3.63. The minimum absolute atomic E-state index is 0.0130. The highest BCUT2D eigenvalue weighted by Crippen LogP contribution is 2.34. The molecule has 6 rings (SSSR count). The zero-order valence-corrected chi connectivity index (χ0v) is 37.2. The van der Waals surface area contributed by atoms with E-state index in [1.807, 2.05) is 0 Å². The van der Waals surface area contributed by atoms with Gasteiger partial charge in [0.1, 0.15) is 0 Å². The van der Waals surface area contributed by atoms with E-state index in [1.54, 1.807) is 56.3 Å². The second-order valence-corrected chi connectivity index (χ2v) is 14.7. The minimum Gasteiger partial charge on any atom is -0.481 e. The van der Waals surface area contributed by atoms with Crippen molar-refractivity contribution in [2.45, 2.75) is 39.0 Å². The maximum Gasteiger partial charge on any atom is 0.416 e. The van der Waals surface area contributed by atoms with Crippen LogP contribution in [-0.4, -0.2) is 58.5 Å². The standard InChI is InChI=1S/C25H20F3NO5.C14H8ClF3O.C11H13NO4/c1-2-34-24(33)20-13-15(14-22(30)31)7-12-21(20)29-23(32)19-6-4-3-5-18(19)16-8-10-17(11-9-16)25(26,27)28;15-13(19)12-4-2-1-3-11(12)9-5-7-10(8-6-9)14(16,17)18;1-2-16-11(15)8-5-7(6-10(13)14)3-4-9(8)12/h3-13H,2,14H2,1H3,(H,29,32)(H,30,31);1-8H;3-5H,2,6,12H2,1H3,(H,13,14). The summed E-state index contributed by atoms with van der Waals surface area (Å²) in [5, 5.41) is 19.6. The Bertz CT molecular complexity index is 2810. The molecule has 360 valence electrons. The number of esters is 2. The van der Waals surface area contributed by atoms with Gasteiger partial charge in [0.05, 0.1) is 54.0 Å². The number of rotatable bonds is 13. The van der Waals surface area contributed by atoms with Crippen molar-refractivity contribution < 1.29 is 74.8 Å². The molecule has 6 aromatic rings. The third-order valence-corrected chi connectivity index (χ3v) is 9.71. The van der Waals surface area contributed by atoms with Gasteiger partial charge in [0, 0.05) is 16.8 Å². The number of hydrogen-bond donors (Lipinski definition) is 4. The molecular weight excluding hydrogens is 938 g/mol. The molecule has 19 heteroatoms. The summed E-state index contributed by atoms with van der Waals surface area (Å²) in [5.74, 6) is -3.92. The maximum absolute atomic E-state index is 13.1. The van der Waals surface area contributed by atoms with Crippen molar-refractivity contribution in [1.29, 1.82) is 0 Å². The van der Waals surface area contributed by atoms with Crippen LogP contribution in [0.4, 0.5) is 37.7 Å². The number of carboxylic acid groups (broad SMARTS) is 2. The Morgan fingerprint density at radius 2 is 0.957 bits per heavy atom. The summed E-state index contributed by atoms with van der Waals surface area (Å²) < 4.78 is 85.9. The summed E-state index contributed by atoms with van der Waals surface area (Å²) in [6, 6.07) is 30.6. The lowest BCUT2D eigenvalue weighted by molar-refractivity contribution is -0.138. The van der Waals surface area contributed by atoms with Gasteiger partial charge in [0.25, 0.3) is 11.1 Å². The van der Waals surface area contributed by atoms with E-state index < -0.39 is 58.5 Å². The molecule has 0 atom stereocenters. The van der Waals surface area contributed by atoms with Crippen molar-refractivity contribution in [2.24, 2.45) is 0 Å². The summed E-state index contributed by atoms with van der Waals surface area (Å²) in [4.78, 5) is 69.7. The second kappa shape index (κ2) is 24.2. The minimum atomic E-state index is -4.48. The van der Waals surface area contributed by atoms with Gasteiger partial charge in [-0.2, -0.15) is 26.3 Å². The molecule has 69 heavy (non-hydrogen) atoms. The number of alkyl halides is 6. The lowest BCUT2D eigenvalue weighted by Gasteiger charge is -2.14. The molecule has 0 aliphatic heterocycles. The van der Waals surface area contributed by atoms with Crippen molar-refractivity contribution in [3.8, 4) is 22.3 Å². The van der Waals surface area contributed by atoms with Gasteiger partial charge >= 0.3 is 36.2 Å². The number of aliphatic carboxylic acids is 2. The van der Waals surface area contributed by atoms with Crippen molar-refractivity contribution in [3.63, 3.8) is 0 Å². The molecule has 0 fully saturated rings. The number of nitrogens with two attached hydrogens (primary N) is 1. The Hall–Kier alpha value is -7.99. The quantitative estimate of drug-likeness (QED) is 0.0371. The fraction of sp³-hybridized carbons (Fsp3) is 0.160. The van der Waals surface area contributed by atoms with Crippen LogP contribution in [0.3, 0.4) is 0 Å². The van der Waals surface area contributed by atoms with E-state index in [2.05, 4.69) is 5.32 Å². The average Bonchev–Trinajstić information content (AvgIpc) is 3.30. The first-order chi connectivity index (χ1) is 32.5. The zero-order valence-electron chi connectivity index (χ0n) is 36.4. The summed E-state index contributed by atoms with van der Waals surface area (Å²) in [7, 11) is 0. The number of nitrogens with one attached hydrogen (secondary N) is 1. The molecule has 0 spiro atoms. The van der Waals surface area contributed by atoms with Crippen LogP contribution in [0.5, 0.6) is 0 Å². The Labute approximate surface area is 395 Å². The summed E-state index contributed by atoms with van der Waals surface area (Å²) in [5.41, 5.74) is 7.79. The Morgan fingerprint density at radius 1 is 0.551 bits per heavy atom. The smallest absolute Gasteiger partial charge is 0.416 e. The Morgan fingerprint density at radius 3 is 1.39 bits per heavy atom. The first-order valence-electron chi connectivity index (χ1n) is 20.4. The molecule has 12 nitrogen and oxygen atoms in total. The molecule has 0 bridgehead atoms. The third-order valence-electron chi connectivity index (χ3n) is 9.51. The second-order valence-electron chi connectivity index (χ2n) is 14.4. The highest BCUT2D eigenvalue weighted by Gasteiger charge is 2.31. The van der Waals surface area contributed by atoms with E-state index in [9.17, 15) is 55.1 Å². The number of amides is 1. The zero-order chi connectivity index (χ0) is 51.1. The predicted molar refractivity (Wildman–Crippen MR) is 244 cm³/mol. The number of ether oxygens (including phenoxy) is 2. The largest absolute Gasteiger partial charge is 0.481 e. The van der Waals surface area contributed by atoms with Crippen molar-refractivity contribution in [2.75, 3.05) is 24.3 Å². The number of anilines is 2. The van der Waals surface area contributed by atoms with Crippen molar-refractivity contribution >= 4 is 58.0 Å². The van der Waals surface area contributed by atoms with Crippen LogP contribution < -0.4 is 11.1 Å². The lowest BCUT2D eigenvalue weighted by Crippen LogP contribution is -2.17. The fourth-order valence-corrected chi connectivity index (χ4v) is 6.51. The van der Waals surface area contributed by atoms with Crippen LogP contribution >= 0.6 is 11.6 Å². The number of carboxylic acids is 2. The van der Waals surface area contributed by atoms with Crippen LogP contribution in [-0.2, 0) is 44.3 Å². The normalized spacial score (nSPS) is 10.9. The summed E-state index contributed by atoms with van der Waals surface area (Å²) >= 11 is 5.44. The first kappa shape index (κ1) is 53.6. The van der Waals surface area contributed by atoms with Gasteiger partial charge in [0.2, 0.25) is 0 Å². The molecule has 1 amide bonds. The molecule has 0 aliphatic carbocycles. The van der Waals surface area contributed by atoms with Crippen LogP contribution in [0.1, 0.15) is 77.5 Å². The third kappa shape index (κ3) is 15.5. The van der Waals surface area contributed by atoms with E-state index in [0.717, 1.165) is 24.3 Å². The molecular formula is C50H41ClF6N2O10. The van der Waals surface area contributed by atoms with E-state index in [0.29, 0.717) is 33.4 Å². The predicted octanol–water partition coefficient (Wildman–Crippen LogP) is 11.3. The highest BCUT2D eigenvalue weighted by molar-refractivity contribution is 6.68. The van der Waals surface area contributed by atoms with Gasteiger partial charge in [-0.3, -0.25) is 19.2 Å². The van der Waals surface area contributed by atoms with Crippen molar-refractivity contribution in [1.82, 2.24) is 0 Å². The number of nitrogen functional groups attached to an aromatic ring is 1. The van der Waals surface area contributed by atoms with Gasteiger partial charge in [-0.1, -0.05) is 72.8 Å². The molecule has 0 saturated carbocycles. The molecule has 0 heterocycles. The highest BCUT2D eigenvalue weighted by atomic mass is 35.5. The van der Waals surface area contributed by atoms with Gasteiger partial charge < -0.3 is 30.7 Å². The number of carbonyl (C=O) groups is 6. The lowest BCUT2D eigenvalue weighted by atomic mass is 9.97. The maximum atomic E-state index is 13.1. The van der Waals surface area contributed by atoms with Crippen LogP contribution in [0, 0.1) is 0 Å². The monoisotopic (exact) mass is 978 g/mol. The first-order valence-corrected chi connectivity index (χ1v) is 20.7. The van der Waals surface area contributed by atoms with Crippen LogP contribution in [0.25, 0.3) is 22.3 Å². The van der Waals surface area contributed by atoms with Crippen LogP contribution in [0.2, 0.25) is 0 Å². The van der Waals surface area contributed by atoms with E-state index >= 15 is 0 Å². The molecule has 5 N–H and O–H groups in total. The molecule has 0 aliphatic rings. The molecule has 0 radical (unpaired) electrons. The molecule has 0 aromatic heterocycles. The number of carbonyl (C=O) groups excluding carboxylic acids is 4. The molecule has 0 saturated heterocycles. The number of halogens is 7. The molecule has 0 unspecified atom stereocenters. The SMILES string of the molecule is CCOC(=O)c1cc(CC(=O)O)ccc1N.CCOC(=O)c1cc(CC(=O)O)ccc1NC(=O)c1ccccc1-c1ccc(C(F)(F)F)cc1.O=C(Cl)c1ccccc1-c1ccc(C(F)(F)F)cc1. The van der Waals surface area contributed by atoms with Gasteiger partial charge in [0.15, 0.2) is 0 Å². The number of hydrogen-bond acceptors (Lipinski definition) is 9. The molecule has 6 aromatic carbocycles. The fourth-order valence-electron chi connectivity index (χ4n) is 6.34. The van der Waals surface area contributed by atoms with E-state index in [-0.39, 0.29) is 59.7 Å². The Balaban J connectivity index is 0.000000249. The van der Waals surface area contributed by atoms with Crippen molar-refractivity contribution in [3.05, 3.63) is 178 Å². The summed E-state index contributed by atoms with van der Waals surface area (Å²) in [6.07, 6.45) is -9.32. The average molecular weight is 979 g/mol. The van der Waals surface area contributed by atoms with Gasteiger partial charge in [-0.15, -0.1) is 0 Å². The topological polar surface area (TPSA) is 199 Å². The van der Waals surface area contributed by atoms with Gasteiger partial charge in [-0.05, 0) is 119 Å². The van der Waals surface area contributed by atoms with Crippen LogP contribution in [0.15, 0.2) is 133 Å². The van der Waals surface area contributed by atoms with Gasteiger partial charge in [-0.25, -0.2) is 9.59 Å². The number of benzene rings is 6. The van der Waals surface area contributed by atoms with E-state index in [4.69, 9.17) is 37.0 Å².